The lowest BCUT2D eigenvalue weighted by molar-refractivity contribution is 0.0827. The van der Waals surface area contributed by atoms with Gasteiger partial charge >= 0.3 is 0 Å². The predicted molar refractivity (Wildman–Crippen MR) is 59.1 cm³/mol. The van der Waals surface area contributed by atoms with Gasteiger partial charge in [-0.15, -0.1) is 0 Å². The zero-order valence-electron chi connectivity index (χ0n) is 7.45. The van der Waals surface area contributed by atoms with Crippen molar-refractivity contribution in [1.82, 2.24) is 4.90 Å². The lowest BCUT2D eigenvalue weighted by Gasteiger charge is -2.09. The van der Waals surface area contributed by atoms with Gasteiger partial charge in [-0.2, -0.15) is 0 Å². The van der Waals surface area contributed by atoms with Crippen molar-refractivity contribution in [3.63, 3.8) is 0 Å². The van der Waals surface area contributed by atoms with E-state index < -0.39 is 0 Å². The first kappa shape index (κ1) is 10.3. The Morgan fingerprint density at radius 2 is 1.85 bits per heavy atom. The minimum absolute atomic E-state index is 0.00000756. The summed E-state index contributed by atoms with van der Waals surface area (Å²) in [6.07, 6.45) is 0. The third kappa shape index (κ3) is 2.58. The van der Waals surface area contributed by atoms with E-state index in [-0.39, 0.29) is 5.91 Å². The molecule has 1 aromatic rings. The minimum Gasteiger partial charge on any atom is -0.428 e. The predicted octanol–water partition coefficient (Wildman–Crippen LogP) is 2.12. The molecule has 0 spiro atoms. The molecule has 0 aliphatic carbocycles. The van der Waals surface area contributed by atoms with Crippen LogP contribution in [-0.4, -0.2) is 24.9 Å². The Morgan fingerprint density at radius 3 is 2.23 bits per heavy atom. The standard InChI is InChI=1S/C9H10INO2/c1-11(2)9(12)7-3-5-8(13-10)6-4-7/h3-6H,1-2H3. The van der Waals surface area contributed by atoms with Crippen LogP contribution in [0.1, 0.15) is 10.4 Å². The van der Waals surface area contributed by atoms with Crippen LogP contribution in [0.5, 0.6) is 5.75 Å². The first-order valence-electron chi connectivity index (χ1n) is 3.75. The van der Waals surface area contributed by atoms with Crippen LogP contribution in [0.2, 0.25) is 0 Å². The summed E-state index contributed by atoms with van der Waals surface area (Å²) in [5.74, 6) is 0.746. The van der Waals surface area contributed by atoms with Crippen LogP contribution in [-0.2, 0) is 0 Å². The molecule has 0 saturated heterocycles. The Hall–Kier alpha value is -0.780. The molecule has 0 bridgehead atoms. The highest BCUT2D eigenvalue weighted by molar-refractivity contribution is 14.1. The van der Waals surface area contributed by atoms with Gasteiger partial charge in [-0.25, -0.2) is 0 Å². The summed E-state index contributed by atoms with van der Waals surface area (Å²) in [4.78, 5) is 13.0. The maximum absolute atomic E-state index is 11.4. The second-order valence-corrected chi connectivity index (χ2v) is 3.24. The third-order valence-electron chi connectivity index (χ3n) is 1.60. The van der Waals surface area contributed by atoms with E-state index in [9.17, 15) is 4.79 Å². The maximum Gasteiger partial charge on any atom is 0.253 e. The number of rotatable bonds is 2. The van der Waals surface area contributed by atoms with Gasteiger partial charge in [0.2, 0.25) is 0 Å². The lowest BCUT2D eigenvalue weighted by atomic mass is 10.2. The molecule has 0 aromatic heterocycles. The quantitative estimate of drug-likeness (QED) is 0.781. The summed E-state index contributed by atoms with van der Waals surface area (Å²) in [7, 11) is 3.45. The molecule has 0 aliphatic heterocycles. The number of hydrogen-bond donors (Lipinski definition) is 0. The molecule has 0 saturated carbocycles. The van der Waals surface area contributed by atoms with Gasteiger partial charge in [0.25, 0.3) is 5.91 Å². The van der Waals surface area contributed by atoms with Crippen molar-refractivity contribution in [3.05, 3.63) is 29.8 Å². The molecule has 0 aliphatic rings. The van der Waals surface area contributed by atoms with E-state index in [0.717, 1.165) is 5.75 Å². The van der Waals surface area contributed by atoms with Gasteiger partial charge in [0.1, 0.15) is 5.75 Å². The van der Waals surface area contributed by atoms with Crippen LogP contribution in [0.25, 0.3) is 0 Å². The van der Waals surface area contributed by atoms with Crippen LogP contribution in [0, 0.1) is 0 Å². The maximum atomic E-state index is 11.4. The fourth-order valence-corrected chi connectivity index (χ4v) is 1.20. The van der Waals surface area contributed by atoms with Crippen LogP contribution in [0.4, 0.5) is 0 Å². The van der Waals surface area contributed by atoms with E-state index in [2.05, 4.69) is 0 Å². The van der Waals surface area contributed by atoms with E-state index in [1.807, 2.05) is 0 Å². The zero-order valence-corrected chi connectivity index (χ0v) is 9.61. The topological polar surface area (TPSA) is 29.5 Å². The fourth-order valence-electron chi connectivity index (χ4n) is 0.907. The highest BCUT2D eigenvalue weighted by Crippen LogP contribution is 2.14. The number of benzene rings is 1. The summed E-state index contributed by atoms with van der Waals surface area (Å²) in [5, 5.41) is 0. The van der Waals surface area contributed by atoms with Gasteiger partial charge in [0.05, 0.1) is 0 Å². The third-order valence-corrected chi connectivity index (χ3v) is 2.11. The number of carbonyl (C=O) groups is 1. The summed E-state index contributed by atoms with van der Waals surface area (Å²) >= 11 is 1.80. The number of halogens is 1. The zero-order chi connectivity index (χ0) is 9.84. The number of carbonyl (C=O) groups excluding carboxylic acids is 1. The molecule has 1 amide bonds. The Bertz CT molecular complexity index is 295. The summed E-state index contributed by atoms with van der Waals surface area (Å²) < 4.78 is 4.95. The molecule has 13 heavy (non-hydrogen) atoms. The van der Waals surface area contributed by atoms with E-state index in [0.29, 0.717) is 5.56 Å². The van der Waals surface area contributed by atoms with Gasteiger partial charge < -0.3 is 7.97 Å². The molecule has 70 valence electrons. The molecule has 1 aromatic carbocycles. The summed E-state index contributed by atoms with van der Waals surface area (Å²) in [6, 6.07) is 7.03. The van der Waals surface area contributed by atoms with Gasteiger partial charge in [-0.1, -0.05) is 0 Å². The van der Waals surface area contributed by atoms with Crippen molar-refractivity contribution in [2.24, 2.45) is 0 Å². The SMILES string of the molecule is CN(C)C(=O)c1ccc(OI)cc1. The van der Waals surface area contributed by atoms with E-state index in [4.69, 9.17) is 3.07 Å². The second-order valence-electron chi connectivity index (χ2n) is 2.80. The Morgan fingerprint density at radius 1 is 1.31 bits per heavy atom. The monoisotopic (exact) mass is 291 g/mol. The van der Waals surface area contributed by atoms with Crippen molar-refractivity contribution < 1.29 is 7.86 Å². The van der Waals surface area contributed by atoms with Gasteiger partial charge in [-0.3, -0.25) is 4.79 Å². The van der Waals surface area contributed by atoms with E-state index in [1.165, 1.54) is 0 Å². The van der Waals surface area contributed by atoms with Crippen LogP contribution < -0.4 is 3.07 Å². The molecule has 3 nitrogen and oxygen atoms in total. The lowest BCUT2D eigenvalue weighted by Crippen LogP contribution is -2.21. The van der Waals surface area contributed by atoms with Gasteiger partial charge in [0.15, 0.2) is 23.0 Å². The average molecular weight is 291 g/mol. The molecule has 0 unspecified atom stereocenters. The van der Waals surface area contributed by atoms with Gasteiger partial charge in [-0.05, 0) is 24.3 Å². The number of hydrogen-bond acceptors (Lipinski definition) is 2. The van der Waals surface area contributed by atoms with Gasteiger partial charge in [0, 0.05) is 19.7 Å². The Balaban J connectivity index is 2.86. The minimum atomic E-state index is 0.00000756. The van der Waals surface area contributed by atoms with E-state index in [1.54, 1.807) is 66.3 Å². The smallest absolute Gasteiger partial charge is 0.253 e. The molecule has 4 heteroatoms. The Kier molecular flexibility index (Phi) is 3.53. The average Bonchev–Trinajstić information content (AvgIpc) is 2.17. The van der Waals surface area contributed by atoms with Crippen molar-refractivity contribution in [2.75, 3.05) is 14.1 Å². The van der Waals surface area contributed by atoms with Crippen molar-refractivity contribution in [2.45, 2.75) is 0 Å². The number of amides is 1. The molecular formula is C9H10INO2. The normalized spacial score (nSPS) is 9.46. The molecule has 0 atom stereocenters. The first-order chi connectivity index (χ1) is 6.15. The van der Waals surface area contributed by atoms with E-state index >= 15 is 0 Å². The molecule has 1 rings (SSSR count). The van der Waals surface area contributed by atoms with Crippen LogP contribution in [0.3, 0.4) is 0 Å². The molecular weight excluding hydrogens is 281 g/mol. The Labute approximate surface area is 91.4 Å². The number of nitrogens with zero attached hydrogens (tertiary/aromatic N) is 1. The van der Waals surface area contributed by atoms with Crippen molar-refractivity contribution >= 4 is 28.9 Å². The molecule has 0 N–H and O–H groups in total. The molecule has 0 heterocycles. The first-order valence-corrected chi connectivity index (χ1v) is 4.63. The second kappa shape index (κ2) is 4.45. The summed E-state index contributed by atoms with van der Waals surface area (Å²) in [5.41, 5.74) is 0.669. The highest BCUT2D eigenvalue weighted by atomic mass is 127. The largest absolute Gasteiger partial charge is 0.428 e. The summed E-state index contributed by atoms with van der Waals surface area (Å²) in [6.45, 7) is 0. The van der Waals surface area contributed by atoms with Crippen LogP contribution in [0.15, 0.2) is 24.3 Å². The highest BCUT2D eigenvalue weighted by Gasteiger charge is 2.06. The van der Waals surface area contributed by atoms with Crippen molar-refractivity contribution in [1.29, 1.82) is 0 Å². The molecule has 0 radical (unpaired) electrons. The molecule has 0 fully saturated rings. The van der Waals surface area contributed by atoms with Crippen LogP contribution >= 0.6 is 23.0 Å². The van der Waals surface area contributed by atoms with Crippen molar-refractivity contribution in [3.8, 4) is 5.75 Å². The fraction of sp³-hybridized carbons (Fsp3) is 0.222.